The maximum Gasteiger partial charge on any atom is 0.412 e. The minimum absolute atomic E-state index is 0.0275. The third-order valence-corrected chi connectivity index (χ3v) is 7.39. The highest BCUT2D eigenvalue weighted by Crippen LogP contribution is 2.28. The van der Waals surface area contributed by atoms with Crippen LogP contribution in [0.1, 0.15) is 70.6 Å². The lowest BCUT2D eigenvalue weighted by molar-refractivity contribution is 0.0635. The number of ether oxygens (including phenoxy) is 1. The second-order valence-corrected chi connectivity index (χ2v) is 11.8. The fourth-order valence-corrected chi connectivity index (χ4v) is 5.16. The van der Waals surface area contributed by atoms with Gasteiger partial charge in [0.2, 0.25) is 0 Å². The number of benzene rings is 1. The summed E-state index contributed by atoms with van der Waals surface area (Å²) in [7, 11) is 1.73. The maximum absolute atomic E-state index is 13.7. The summed E-state index contributed by atoms with van der Waals surface area (Å²) in [6.45, 7) is 7.89. The van der Waals surface area contributed by atoms with E-state index in [-0.39, 0.29) is 17.4 Å². The van der Waals surface area contributed by atoms with Crippen LogP contribution in [0.2, 0.25) is 0 Å². The van der Waals surface area contributed by atoms with Gasteiger partial charge in [0.1, 0.15) is 5.60 Å². The van der Waals surface area contributed by atoms with Crippen molar-refractivity contribution >= 4 is 34.7 Å². The zero-order valence-electron chi connectivity index (χ0n) is 24.7. The number of hydrogen-bond donors (Lipinski definition) is 1. The van der Waals surface area contributed by atoms with E-state index in [2.05, 4.69) is 15.3 Å². The number of amides is 3. The zero-order chi connectivity index (χ0) is 29.6. The highest BCUT2D eigenvalue weighted by Gasteiger charge is 2.27. The van der Waals surface area contributed by atoms with Crippen LogP contribution in [0.25, 0.3) is 10.9 Å². The van der Waals surface area contributed by atoms with Crippen molar-refractivity contribution in [3.63, 3.8) is 0 Å². The normalized spacial score (nSPS) is 14.1. The molecule has 0 aliphatic heterocycles. The van der Waals surface area contributed by atoms with Crippen LogP contribution in [-0.2, 0) is 11.2 Å². The molecule has 1 aromatic carbocycles. The van der Waals surface area contributed by atoms with E-state index in [0.717, 1.165) is 25.0 Å². The minimum atomic E-state index is -0.664. The van der Waals surface area contributed by atoms with Crippen LogP contribution in [-0.4, -0.2) is 52.7 Å². The van der Waals surface area contributed by atoms with Gasteiger partial charge in [-0.3, -0.25) is 10.3 Å². The molecule has 220 valence electrons. The fourth-order valence-electron chi connectivity index (χ4n) is 5.16. The van der Waals surface area contributed by atoms with E-state index in [0.29, 0.717) is 42.2 Å². The number of urea groups is 1. The Morgan fingerprint density at radius 1 is 1.10 bits per heavy atom. The number of anilines is 2. The van der Waals surface area contributed by atoms with E-state index in [1.54, 1.807) is 58.0 Å². The van der Waals surface area contributed by atoms with E-state index < -0.39 is 17.3 Å². The Labute approximate surface area is 241 Å². The van der Waals surface area contributed by atoms with Gasteiger partial charge < -0.3 is 14.1 Å². The van der Waals surface area contributed by atoms with Crippen molar-refractivity contribution in [2.45, 2.75) is 78.2 Å². The third kappa shape index (κ3) is 8.05. The van der Waals surface area contributed by atoms with Gasteiger partial charge in [0.15, 0.2) is 0 Å². The number of pyridine rings is 1. The Kier molecular flexibility index (Phi) is 9.62. The molecule has 0 bridgehead atoms. The van der Waals surface area contributed by atoms with Crippen molar-refractivity contribution in [1.82, 2.24) is 14.9 Å². The minimum Gasteiger partial charge on any atom is -0.444 e. The van der Waals surface area contributed by atoms with Crippen LogP contribution in [0.5, 0.6) is 0 Å². The lowest BCUT2D eigenvalue weighted by Crippen LogP contribution is -2.44. The Morgan fingerprint density at radius 3 is 2.54 bits per heavy atom. The molecule has 0 unspecified atom stereocenters. The fraction of sp³-hybridized carbons (Fsp3) is 0.516. The largest absolute Gasteiger partial charge is 0.444 e. The lowest BCUT2D eigenvalue weighted by Gasteiger charge is -2.29. The first kappa shape index (κ1) is 30.0. The van der Waals surface area contributed by atoms with Crippen LogP contribution in [0.3, 0.4) is 0 Å². The Bertz CT molecular complexity index is 1410. The SMILES string of the molecule is Cc1c(NC(=O)OC(C)(C)C)ccc2nc(N(CCC3CCCCC3)C(=O)N(C)CCc3ccccn3)oc(=O)c12. The molecule has 0 saturated heterocycles. The van der Waals surface area contributed by atoms with Crippen LogP contribution in [0, 0.1) is 12.8 Å². The summed E-state index contributed by atoms with van der Waals surface area (Å²) in [5.74, 6) is 0.522. The van der Waals surface area contributed by atoms with Crippen molar-refractivity contribution in [3.05, 3.63) is 58.2 Å². The smallest absolute Gasteiger partial charge is 0.412 e. The number of nitrogens with one attached hydrogen (secondary N) is 1. The van der Waals surface area contributed by atoms with E-state index in [1.165, 1.54) is 24.2 Å². The van der Waals surface area contributed by atoms with Crippen LogP contribution in [0.4, 0.5) is 21.3 Å². The number of aryl methyl sites for hydroxylation is 1. The third-order valence-electron chi connectivity index (χ3n) is 7.39. The number of carbonyl (C=O) groups is 2. The molecular weight excluding hydrogens is 522 g/mol. The molecule has 1 fully saturated rings. The first-order valence-electron chi connectivity index (χ1n) is 14.4. The van der Waals surface area contributed by atoms with E-state index in [9.17, 15) is 14.4 Å². The van der Waals surface area contributed by atoms with E-state index in [1.807, 2.05) is 18.2 Å². The number of aromatic nitrogens is 2. The standard InChI is InChI=1S/C31H41N5O5/c1-21-24(34-29(38)41-31(2,3)4)14-15-25-26(21)27(37)40-28(33-25)36(20-16-22-11-7-6-8-12-22)30(39)35(5)19-17-23-13-9-10-18-32-23/h9-10,13-15,18,22H,6-8,11-12,16-17,19-20H2,1-5H3,(H,34,38). The topological polar surface area (TPSA) is 118 Å². The summed E-state index contributed by atoms with van der Waals surface area (Å²) in [6, 6.07) is 8.71. The number of likely N-dealkylation sites (N-methyl/N-ethyl adjacent to an activating group) is 1. The molecule has 1 aliphatic carbocycles. The van der Waals surface area contributed by atoms with Crippen molar-refractivity contribution in [2.75, 3.05) is 30.4 Å². The van der Waals surface area contributed by atoms with Crippen molar-refractivity contribution in [2.24, 2.45) is 5.92 Å². The number of fused-ring (bicyclic) bond motifs is 1. The Hall–Kier alpha value is -3.95. The molecular formula is C31H41N5O5. The number of hydrogen-bond acceptors (Lipinski definition) is 7. The predicted octanol–water partition coefficient (Wildman–Crippen LogP) is 6.31. The quantitative estimate of drug-likeness (QED) is 0.341. The van der Waals surface area contributed by atoms with Gasteiger partial charge in [-0.25, -0.2) is 19.3 Å². The number of carbonyl (C=O) groups excluding carboxylic acids is 2. The summed E-state index contributed by atoms with van der Waals surface area (Å²) in [5, 5.41) is 2.94. The monoisotopic (exact) mass is 563 g/mol. The molecule has 1 saturated carbocycles. The molecule has 10 heteroatoms. The highest BCUT2D eigenvalue weighted by atomic mass is 16.6. The van der Waals surface area contributed by atoms with Gasteiger partial charge in [-0.2, -0.15) is 4.98 Å². The first-order chi connectivity index (χ1) is 19.5. The predicted molar refractivity (Wildman–Crippen MR) is 159 cm³/mol. The van der Waals surface area contributed by atoms with Gasteiger partial charge >= 0.3 is 23.8 Å². The molecule has 41 heavy (non-hydrogen) atoms. The van der Waals surface area contributed by atoms with E-state index >= 15 is 0 Å². The van der Waals surface area contributed by atoms with Gasteiger partial charge in [-0.1, -0.05) is 38.2 Å². The van der Waals surface area contributed by atoms with Crippen LogP contribution >= 0.6 is 0 Å². The van der Waals surface area contributed by atoms with Gasteiger partial charge in [0, 0.05) is 44.1 Å². The van der Waals surface area contributed by atoms with Gasteiger partial charge in [-0.15, -0.1) is 0 Å². The summed E-state index contributed by atoms with van der Waals surface area (Å²) in [4.78, 5) is 51.4. The molecule has 0 spiro atoms. The first-order valence-corrected chi connectivity index (χ1v) is 14.4. The molecule has 0 atom stereocenters. The second-order valence-electron chi connectivity index (χ2n) is 11.8. The number of rotatable bonds is 8. The second kappa shape index (κ2) is 13.1. The maximum atomic E-state index is 13.7. The molecule has 3 amide bonds. The van der Waals surface area contributed by atoms with Gasteiger partial charge in [0.25, 0.3) is 0 Å². The van der Waals surface area contributed by atoms with Crippen molar-refractivity contribution in [3.8, 4) is 0 Å². The van der Waals surface area contributed by atoms with Crippen LogP contribution < -0.4 is 15.8 Å². The summed E-state index contributed by atoms with van der Waals surface area (Å²) in [6.07, 6.45) is 8.44. The Morgan fingerprint density at radius 2 is 1.85 bits per heavy atom. The van der Waals surface area contributed by atoms with Crippen molar-refractivity contribution < 1.29 is 18.7 Å². The average molecular weight is 564 g/mol. The summed E-state index contributed by atoms with van der Waals surface area (Å²) < 4.78 is 11.0. The summed E-state index contributed by atoms with van der Waals surface area (Å²) in [5.41, 5.74) is 0.921. The molecule has 1 aliphatic rings. The highest BCUT2D eigenvalue weighted by molar-refractivity contribution is 5.94. The Balaban J connectivity index is 1.60. The van der Waals surface area contributed by atoms with E-state index in [4.69, 9.17) is 9.15 Å². The molecule has 10 nitrogen and oxygen atoms in total. The van der Waals surface area contributed by atoms with Crippen LogP contribution in [0.15, 0.2) is 45.7 Å². The lowest BCUT2D eigenvalue weighted by atomic mass is 9.87. The number of nitrogens with zero attached hydrogens (tertiary/aromatic N) is 4. The van der Waals surface area contributed by atoms with Gasteiger partial charge in [-0.05, 0) is 69.9 Å². The van der Waals surface area contributed by atoms with Crippen molar-refractivity contribution in [1.29, 1.82) is 0 Å². The molecule has 0 radical (unpaired) electrons. The summed E-state index contributed by atoms with van der Waals surface area (Å²) >= 11 is 0. The zero-order valence-corrected chi connectivity index (χ0v) is 24.7. The molecule has 3 aromatic rings. The average Bonchev–Trinajstić information content (AvgIpc) is 2.93. The molecule has 4 rings (SSSR count). The van der Waals surface area contributed by atoms with Gasteiger partial charge in [0.05, 0.1) is 10.9 Å². The molecule has 1 N–H and O–H groups in total. The molecule has 2 heterocycles. The molecule has 2 aromatic heterocycles.